The second-order valence-electron chi connectivity index (χ2n) is 5.78. The number of phenols is 1. The summed E-state index contributed by atoms with van der Waals surface area (Å²) in [6.07, 6.45) is 2.68. The van der Waals surface area contributed by atoms with Gasteiger partial charge in [0, 0.05) is 26.2 Å². The first-order chi connectivity index (χ1) is 9.60. The number of carbonyl (C=O) groups excluding carboxylic acids is 1. The number of hydrogen-bond acceptors (Lipinski definition) is 4. The van der Waals surface area contributed by atoms with Gasteiger partial charge in [-0.15, -0.1) is 0 Å². The molecule has 0 aromatic heterocycles. The summed E-state index contributed by atoms with van der Waals surface area (Å²) in [5.41, 5.74) is 6.34. The number of nitrogens with zero attached hydrogens (tertiary/aromatic N) is 2. The molecule has 0 unspecified atom stereocenters. The molecule has 1 amide bonds. The van der Waals surface area contributed by atoms with Gasteiger partial charge >= 0.3 is 0 Å². The summed E-state index contributed by atoms with van der Waals surface area (Å²) in [7, 11) is 0. The first-order valence-corrected chi connectivity index (χ1v) is 7.21. The number of para-hydroxylation sites is 2. The van der Waals surface area contributed by atoms with Crippen molar-refractivity contribution in [2.24, 2.45) is 5.73 Å². The van der Waals surface area contributed by atoms with Gasteiger partial charge < -0.3 is 20.6 Å². The maximum Gasteiger partial charge on any atom is 0.242 e. The molecule has 108 valence electrons. The molecule has 20 heavy (non-hydrogen) atoms. The summed E-state index contributed by atoms with van der Waals surface area (Å²) >= 11 is 0. The van der Waals surface area contributed by atoms with Crippen molar-refractivity contribution in [2.75, 3.05) is 31.1 Å². The van der Waals surface area contributed by atoms with E-state index in [1.807, 2.05) is 23.1 Å². The smallest absolute Gasteiger partial charge is 0.242 e. The van der Waals surface area contributed by atoms with Crippen molar-refractivity contribution in [3.05, 3.63) is 24.3 Å². The minimum absolute atomic E-state index is 0.0979. The van der Waals surface area contributed by atoms with Gasteiger partial charge in [0.15, 0.2) is 0 Å². The van der Waals surface area contributed by atoms with Crippen LogP contribution >= 0.6 is 0 Å². The lowest BCUT2D eigenvalue weighted by molar-refractivity contribution is -0.140. The Morgan fingerprint density at radius 1 is 1.15 bits per heavy atom. The average Bonchev–Trinajstić information content (AvgIpc) is 2.45. The van der Waals surface area contributed by atoms with Crippen molar-refractivity contribution in [3.8, 4) is 5.75 Å². The standard InChI is InChI=1S/C15H21N3O2/c16-15(6-3-7-15)14(20)18-10-8-17(9-11-18)12-4-1-2-5-13(12)19/h1-2,4-5,19H,3,6-11,16H2. The summed E-state index contributed by atoms with van der Waals surface area (Å²) in [5.74, 6) is 0.391. The molecule has 5 nitrogen and oxygen atoms in total. The van der Waals surface area contributed by atoms with Crippen LogP contribution in [0.25, 0.3) is 0 Å². The SMILES string of the molecule is NC1(C(=O)N2CCN(c3ccccc3O)CC2)CCC1. The molecule has 1 saturated heterocycles. The van der Waals surface area contributed by atoms with Gasteiger partial charge in [0.25, 0.3) is 0 Å². The van der Waals surface area contributed by atoms with Crippen LogP contribution in [0.2, 0.25) is 0 Å². The summed E-state index contributed by atoms with van der Waals surface area (Å²) in [6.45, 7) is 2.82. The highest BCUT2D eigenvalue weighted by Crippen LogP contribution is 2.32. The number of benzene rings is 1. The van der Waals surface area contributed by atoms with E-state index in [2.05, 4.69) is 4.90 Å². The van der Waals surface area contributed by atoms with Gasteiger partial charge in [-0.25, -0.2) is 0 Å². The highest BCUT2D eigenvalue weighted by Gasteiger charge is 2.43. The Hall–Kier alpha value is -1.75. The molecule has 1 aliphatic carbocycles. The van der Waals surface area contributed by atoms with Crippen molar-refractivity contribution < 1.29 is 9.90 Å². The van der Waals surface area contributed by atoms with Gasteiger partial charge in [-0.1, -0.05) is 12.1 Å². The van der Waals surface area contributed by atoms with Crippen molar-refractivity contribution in [1.82, 2.24) is 4.90 Å². The van der Waals surface area contributed by atoms with Crippen molar-refractivity contribution in [3.63, 3.8) is 0 Å². The second kappa shape index (κ2) is 4.98. The van der Waals surface area contributed by atoms with Crippen molar-refractivity contribution >= 4 is 11.6 Å². The largest absolute Gasteiger partial charge is 0.506 e. The molecule has 0 radical (unpaired) electrons. The van der Waals surface area contributed by atoms with Gasteiger partial charge in [0.1, 0.15) is 5.75 Å². The van der Waals surface area contributed by atoms with E-state index in [1.54, 1.807) is 6.07 Å². The first-order valence-electron chi connectivity index (χ1n) is 7.21. The molecule has 1 saturated carbocycles. The topological polar surface area (TPSA) is 69.8 Å². The van der Waals surface area contributed by atoms with Crippen LogP contribution in [0.1, 0.15) is 19.3 Å². The highest BCUT2D eigenvalue weighted by atomic mass is 16.3. The van der Waals surface area contributed by atoms with E-state index in [9.17, 15) is 9.90 Å². The molecular weight excluding hydrogens is 254 g/mol. The van der Waals surface area contributed by atoms with Crippen LogP contribution in [0.5, 0.6) is 5.75 Å². The Morgan fingerprint density at radius 3 is 2.35 bits per heavy atom. The molecule has 0 atom stereocenters. The van der Waals surface area contributed by atoms with Crippen LogP contribution in [0, 0.1) is 0 Å². The molecular formula is C15H21N3O2. The van der Waals surface area contributed by atoms with Gasteiger partial charge in [0.2, 0.25) is 5.91 Å². The number of piperazine rings is 1. The molecule has 0 spiro atoms. The molecule has 0 bridgehead atoms. The van der Waals surface area contributed by atoms with Crippen LogP contribution in [0.15, 0.2) is 24.3 Å². The quantitative estimate of drug-likeness (QED) is 0.842. The number of hydrogen-bond donors (Lipinski definition) is 2. The Bertz CT molecular complexity index is 506. The first kappa shape index (κ1) is 13.2. The summed E-state index contributed by atoms with van der Waals surface area (Å²) < 4.78 is 0. The lowest BCUT2D eigenvalue weighted by Crippen LogP contribution is -2.62. The summed E-state index contributed by atoms with van der Waals surface area (Å²) in [4.78, 5) is 16.3. The Labute approximate surface area is 119 Å². The molecule has 1 heterocycles. The normalized spacial score (nSPS) is 21.4. The lowest BCUT2D eigenvalue weighted by atomic mass is 9.76. The molecule has 1 aromatic carbocycles. The number of amides is 1. The molecule has 1 aromatic rings. The molecule has 3 rings (SSSR count). The third kappa shape index (κ3) is 2.22. The van der Waals surface area contributed by atoms with E-state index in [1.165, 1.54) is 0 Å². The van der Waals surface area contributed by atoms with Crippen molar-refractivity contribution in [2.45, 2.75) is 24.8 Å². The van der Waals surface area contributed by atoms with Crippen LogP contribution < -0.4 is 10.6 Å². The van der Waals surface area contributed by atoms with Gasteiger partial charge in [-0.2, -0.15) is 0 Å². The minimum atomic E-state index is -0.600. The molecule has 5 heteroatoms. The van der Waals surface area contributed by atoms with Gasteiger partial charge in [-0.3, -0.25) is 4.79 Å². The zero-order chi connectivity index (χ0) is 14.2. The Morgan fingerprint density at radius 2 is 1.80 bits per heavy atom. The fourth-order valence-corrected chi connectivity index (χ4v) is 2.97. The van der Waals surface area contributed by atoms with E-state index < -0.39 is 5.54 Å². The van der Waals surface area contributed by atoms with Crippen molar-refractivity contribution in [1.29, 1.82) is 0 Å². The maximum absolute atomic E-state index is 12.3. The zero-order valence-corrected chi connectivity index (χ0v) is 11.6. The number of nitrogens with two attached hydrogens (primary N) is 1. The Balaban J connectivity index is 1.62. The van der Waals surface area contributed by atoms with Gasteiger partial charge in [-0.05, 0) is 31.4 Å². The fourth-order valence-electron chi connectivity index (χ4n) is 2.97. The predicted molar refractivity (Wildman–Crippen MR) is 77.7 cm³/mol. The summed E-state index contributed by atoms with van der Waals surface area (Å²) in [5, 5.41) is 9.87. The van der Waals surface area contributed by atoms with Crippen LogP contribution in [0.4, 0.5) is 5.69 Å². The molecule has 2 aliphatic rings. The van der Waals surface area contributed by atoms with Gasteiger partial charge in [0.05, 0.1) is 11.2 Å². The predicted octanol–water partition coefficient (Wildman–Crippen LogP) is 0.922. The van der Waals surface area contributed by atoms with Crippen LogP contribution in [0.3, 0.4) is 0 Å². The second-order valence-corrected chi connectivity index (χ2v) is 5.78. The monoisotopic (exact) mass is 275 g/mol. The molecule has 3 N–H and O–H groups in total. The highest BCUT2D eigenvalue weighted by molar-refractivity contribution is 5.87. The summed E-state index contributed by atoms with van der Waals surface area (Å²) in [6, 6.07) is 7.32. The maximum atomic E-state index is 12.3. The number of carbonyl (C=O) groups is 1. The average molecular weight is 275 g/mol. The third-order valence-corrected chi connectivity index (χ3v) is 4.46. The van der Waals surface area contributed by atoms with E-state index >= 15 is 0 Å². The minimum Gasteiger partial charge on any atom is -0.506 e. The number of aromatic hydroxyl groups is 1. The third-order valence-electron chi connectivity index (χ3n) is 4.46. The van der Waals surface area contributed by atoms with E-state index in [-0.39, 0.29) is 5.91 Å². The van der Waals surface area contributed by atoms with E-state index in [4.69, 9.17) is 5.73 Å². The molecule has 1 aliphatic heterocycles. The van der Waals surface area contributed by atoms with Crippen LogP contribution in [-0.4, -0.2) is 47.6 Å². The van der Waals surface area contributed by atoms with E-state index in [0.717, 1.165) is 38.0 Å². The van der Waals surface area contributed by atoms with E-state index in [0.29, 0.717) is 18.8 Å². The number of anilines is 1. The van der Waals surface area contributed by atoms with Crippen LogP contribution in [-0.2, 0) is 4.79 Å². The zero-order valence-electron chi connectivity index (χ0n) is 11.6. The number of phenolic OH excluding ortho intramolecular Hbond substituents is 1. The number of rotatable bonds is 2. The fraction of sp³-hybridized carbons (Fsp3) is 0.533. The lowest BCUT2D eigenvalue weighted by Gasteiger charge is -2.43. The molecule has 2 fully saturated rings. The Kier molecular flexibility index (Phi) is 3.30.